The fourth-order valence-electron chi connectivity index (χ4n) is 2.68. The van der Waals surface area contributed by atoms with Gasteiger partial charge >= 0.3 is 0 Å². The number of carbonyl (C=O) groups excluding carboxylic acids is 1. The van der Waals surface area contributed by atoms with Crippen LogP contribution in [0.2, 0.25) is 5.02 Å². The zero-order valence-corrected chi connectivity index (χ0v) is 17.1. The van der Waals surface area contributed by atoms with Crippen LogP contribution in [0.25, 0.3) is 0 Å². The molecule has 0 saturated carbocycles. The molecule has 1 aliphatic heterocycles. The van der Waals surface area contributed by atoms with Crippen molar-refractivity contribution in [1.82, 2.24) is 14.7 Å². The highest BCUT2D eigenvalue weighted by Crippen LogP contribution is 2.22. The van der Waals surface area contributed by atoms with Crippen LogP contribution in [0.3, 0.4) is 0 Å². The third kappa shape index (κ3) is 4.91. The molecular formula is C18H19ClN4O5S. The number of phenols is 1. The number of rotatable bonds is 5. The molecule has 1 fully saturated rings. The van der Waals surface area contributed by atoms with Crippen molar-refractivity contribution in [3.63, 3.8) is 0 Å². The lowest BCUT2D eigenvalue weighted by molar-refractivity contribution is 0.0730. The van der Waals surface area contributed by atoms with Crippen LogP contribution in [0.4, 0.5) is 0 Å². The van der Waals surface area contributed by atoms with Crippen LogP contribution in [0.15, 0.2) is 46.7 Å². The Kier molecular flexibility index (Phi) is 6.48. The summed E-state index contributed by atoms with van der Waals surface area (Å²) >= 11 is 5.91. The van der Waals surface area contributed by atoms with Crippen LogP contribution in [-0.4, -0.2) is 60.7 Å². The molecule has 0 unspecified atom stereocenters. The Labute approximate surface area is 173 Å². The van der Waals surface area contributed by atoms with E-state index >= 15 is 0 Å². The van der Waals surface area contributed by atoms with E-state index in [1.54, 1.807) is 6.92 Å². The molecular weight excluding hydrogens is 420 g/mol. The third-order valence-electron chi connectivity index (χ3n) is 4.26. The number of benzene rings is 1. The average molecular weight is 439 g/mol. The molecule has 0 radical (unpaired) electrons. The number of nitrogens with zero attached hydrogens (tertiary/aromatic N) is 3. The molecule has 29 heavy (non-hydrogen) atoms. The van der Waals surface area contributed by atoms with E-state index in [0.29, 0.717) is 29.5 Å². The lowest BCUT2D eigenvalue weighted by atomic mass is 10.1. The van der Waals surface area contributed by atoms with Gasteiger partial charge in [-0.05, 0) is 31.2 Å². The molecule has 0 aliphatic carbocycles. The average Bonchev–Trinajstić information content (AvgIpc) is 2.74. The monoisotopic (exact) mass is 438 g/mol. The first-order valence-electron chi connectivity index (χ1n) is 8.65. The van der Waals surface area contributed by atoms with Gasteiger partial charge in [0.1, 0.15) is 10.6 Å². The SMILES string of the molecule is C/C(=N/NC(=O)c1cncc(S(=O)(=O)N2CCOCC2)c1)c1cc(Cl)ccc1O. The Bertz CT molecular complexity index is 1050. The molecule has 1 amide bonds. The summed E-state index contributed by atoms with van der Waals surface area (Å²) in [7, 11) is -3.78. The number of aromatic nitrogens is 1. The molecule has 154 valence electrons. The maximum Gasteiger partial charge on any atom is 0.272 e. The van der Waals surface area contributed by atoms with E-state index in [0.717, 1.165) is 0 Å². The van der Waals surface area contributed by atoms with Crippen LogP contribution in [0.5, 0.6) is 5.75 Å². The van der Waals surface area contributed by atoms with E-state index in [2.05, 4.69) is 15.5 Å². The second-order valence-electron chi connectivity index (χ2n) is 6.23. The van der Waals surface area contributed by atoms with Gasteiger partial charge < -0.3 is 9.84 Å². The molecule has 1 saturated heterocycles. The van der Waals surface area contributed by atoms with Crippen molar-refractivity contribution in [3.8, 4) is 5.75 Å². The number of ether oxygens (including phenoxy) is 1. The van der Waals surface area contributed by atoms with Gasteiger partial charge in [0.05, 0.1) is 24.5 Å². The molecule has 0 spiro atoms. The molecule has 1 aromatic heterocycles. The van der Waals surface area contributed by atoms with E-state index in [1.807, 2.05) is 0 Å². The standard InChI is InChI=1S/C18H19ClN4O5S/c1-12(16-9-14(19)2-3-17(16)24)21-22-18(25)13-8-15(11-20-10-13)29(26,27)23-4-6-28-7-5-23/h2-3,8-11,24H,4-7H2,1H3,(H,22,25)/b21-12-. The number of aromatic hydroxyl groups is 1. The normalized spacial score (nSPS) is 15.9. The van der Waals surface area contributed by atoms with Crippen molar-refractivity contribution in [2.24, 2.45) is 5.10 Å². The largest absolute Gasteiger partial charge is 0.507 e. The van der Waals surface area contributed by atoms with E-state index < -0.39 is 15.9 Å². The number of hydrazone groups is 1. The number of hydrogen-bond donors (Lipinski definition) is 2. The number of carbonyl (C=O) groups is 1. The van der Waals surface area contributed by atoms with Crippen molar-refractivity contribution in [2.45, 2.75) is 11.8 Å². The van der Waals surface area contributed by atoms with Crippen molar-refractivity contribution in [2.75, 3.05) is 26.3 Å². The molecule has 2 heterocycles. The Morgan fingerprint density at radius 3 is 2.72 bits per heavy atom. The predicted octanol–water partition coefficient (Wildman–Crippen LogP) is 1.62. The zero-order valence-electron chi connectivity index (χ0n) is 15.5. The molecule has 9 nitrogen and oxygen atoms in total. The van der Waals surface area contributed by atoms with E-state index in [-0.39, 0.29) is 29.3 Å². The zero-order chi connectivity index (χ0) is 21.0. The van der Waals surface area contributed by atoms with Crippen LogP contribution in [-0.2, 0) is 14.8 Å². The van der Waals surface area contributed by atoms with E-state index in [1.165, 1.54) is 41.0 Å². The maximum atomic E-state index is 12.7. The predicted molar refractivity (Wildman–Crippen MR) is 107 cm³/mol. The summed E-state index contributed by atoms with van der Waals surface area (Å²) in [4.78, 5) is 16.2. The first kappa shape index (κ1) is 21.2. The minimum atomic E-state index is -3.78. The second-order valence-corrected chi connectivity index (χ2v) is 8.60. The van der Waals surface area contributed by atoms with Gasteiger partial charge in [-0.2, -0.15) is 9.41 Å². The summed E-state index contributed by atoms with van der Waals surface area (Å²) in [6.07, 6.45) is 2.44. The van der Waals surface area contributed by atoms with Gasteiger partial charge in [-0.15, -0.1) is 0 Å². The van der Waals surface area contributed by atoms with Gasteiger partial charge in [-0.1, -0.05) is 11.6 Å². The fraction of sp³-hybridized carbons (Fsp3) is 0.278. The highest BCUT2D eigenvalue weighted by molar-refractivity contribution is 7.89. The molecule has 0 bridgehead atoms. The fourth-order valence-corrected chi connectivity index (χ4v) is 4.25. The number of pyridine rings is 1. The number of nitrogens with one attached hydrogen (secondary N) is 1. The van der Waals surface area contributed by atoms with Crippen molar-refractivity contribution >= 4 is 33.2 Å². The Morgan fingerprint density at radius 1 is 1.28 bits per heavy atom. The molecule has 2 aromatic rings. The Hall–Kier alpha value is -2.53. The third-order valence-corrected chi connectivity index (χ3v) is 6.36. The van der Waals surface area contributed by atoms with Crippen molar-refractivity contribution in [3.05, 3.63) is 52.8 Å². The minimum absolute atomic E-state index is 0.0335. The summed E-state index contributed by atoms with van der Waals surface area (Å²) in [5.74, 6) is -0.678. The van der Waals surface area contributed by atoms with Crippen LogP contribution in [0, 0.1) is 0 Å². The molecule has 0 atom stereocenters. The highest BCUT2D eigenvalue weighted by Gasteiger charge is 2.27. The first-order chi connectivity index (χ1) is 13.8. The minimum Gasteiger partial charge on any atom is -0.507 e. The molecule has 1 aromatic carbocycles. The second kappa shape index (κ2) is 8.87. The summed E-state index contributed by atoms with van der Waals surface area (Å²) in [6, 6.07) is 5.70. The van der Waals surface area contributed by atoms with Crippen LogP contribution < -0.4 is 5.43 Å². The smallest absolute Gasteiger partial charge is 0.272 e. The van der Waals surface area contributed by atoms with Gasteiger partial charge in [-0.25, -0.2) is 13.8 Å². The van der Waals surface area contributed by atoms with Crippen molar-refractivity contribution in [1.29, 1.82) is 0 Å². The first-order valence-corrected chi connectivity index (χ1v) is 10.5. The van der Waals surface area contributed by atoms with Crippen LogP contribution >= 0.6 is 11.6 Å². The van der Waals surface area contributed by atoms with Gasteiger partial charge in [-0.3, -0.25) is 9.78 Å². The molecule has 11 heteroatoms. The highest BCUT2D eigenvalue weighted by atomic mass is 35.5. The number of hydrogen-bond acceptors (Lipinski definition) is 7. The van der Waals surface area contributed by atoms with Gasteiger partial charge in [0, 0.05) is 36.1 Å². The van der Waals surface area contributed by atoms with Crippen LogP contribution in [0.1, 0.15) is 22.8 Å². The quantitative estimate of drug-likeness (QED) is 0.540. The number of amides is 1. The Balaban J connectivity index is 1.78. The maximum absolute atomic E-state index is 12.7. The number of morpholine rings is 1. The van der Waals surface area contributed by atoms with Gasteiger partial charge in [0.15, 0.2) is 0 Å². The summed E-state index contributed by atoms with van der Waals surface area (Å²) in [5.41, 5.74) is 3.05. The summed E-state index contributed by atoms with van der Waals surface area (Å²) < 4.78 is 31.9. The molecule has 2 N–H and O–H groups in total. The lowest BCUT2D eigenvalue weighted by Gasteiger charge is -2.25. The topological polar surface area (TPSA) is 121 Å². The Morgan fingerprint density at radius 2 is 2.00 bits per heavy atom. The van der Waals surface area contributed by atoms with Crippen molar-refractivity contribution < 1.29 is 23.1 Å². The van der Waals surface area contributed by atoms with Gasteiger partial charge in [0.2, 0.25) is 10.0 Å². The molecule has 1 aliphatic rings. The summed E-state index contributed by atoms with van der Waals surface area (Å²) in [6.45, 7) is 2.70. The van der Waals surface area contributed by atoms with Gasteiger partial charge in [0.25, 0.3) is 5.91 Å². The number of phenolic OH excluding ortho intramolecular Hbond substituents is 1. The number of sulfonamides is 1. The molecule has 3 rings (SSSR count). The van der Waals surface area contributed by atoms with E-state index in [4.69, 9.17) is 16.3 Å². The lowest BCUT2D eigenvalue weighted by Crippen LogP contribution is -2.40. The van der Waals surface area contributed by atoms with E-state index in [9.17, 15) is 18.3 Å². The number of halogens is 1. The summed E-state index contributed by atoms with van der Waals surface area (Å²) in [5, 5.41) is 14.3.